The van der Waals surface area contributed by atoms with Crippen LogP contribution in [0, 0.1) is 0 Å². The van der Waals surface area contributed by atoms with Gasteiger partial charge in [0, 0.05) is 13.0 Å². The summed E-state index contributed by atoms with van der Waals surface area (Å²) < 4.78 is 0. The summed E-state index contributed by atoms with van der Waals surface area (Å²) in [5.74, 6) is -3.45. The highest BCUT2D eigenvalue weighted by Crippen LogP contribution is 2.29. The minimum Gasteiger partial charge on any atom is -0.481 e. The molecule has 0 spiro atoms. The fourth-order valence-corrected chi connectivity index (χ4v) is 2.55. The second-order valence-electron chi connectivity index (χ2n) is 5.42. The number of amides is 2. The molecule has 22 heavy (non-hydrogen) atoms. The number of hydrogen-bond acceptors (Lipinski definition) is 5. The van der Waals surface area contributed by atoms with Crippen molar-refractivity contribution in [1.82, 2.24) is 10.2 Å². The maximum absolute atomic E-state index is 12.4. The molecule has 0 aromatic carbocycles. The van der Waals surface area contributed by atoms with Gasteiger partial charge in [0.15, 0.2) is 0 Å². The monoisotopic (exact) mass is 315 g/mol. The van der Waals surface area contributed by atoms with Crippen LogP contribution in [0.15, 0.2) is 0 Å². The molecule has 2 atom stereocenters. The molecule has 2 amide bonds. The number of aliphatic carboxylic acids is 2. The molecule has 0 aromatic rings. The Kier molecular flexibility index (Phi) is 5.86. The third-order valence-electron chi connectivity index (χ3n) is 3.86. The Bertz CT molecular complexity index is 480. The van der Waals surface area contributed by atoms with Crippen LogP contribution in [0.5, 0.6) is 0 Å². The predicted molar refractivity (Wildman–Crippen MR) is 74.8 cm³/mol. The van der Waals surface area contributed by atoms with Crippen molar-refractivity contribution in [2.24, 2.45) is 5.73 Å². The van der Waals surface area contributed by atoms with Crippen LogP contribution in [0.1, 0.15) is 32.6 Å². The molecule has 9 nitrogen and oxygen atoms in total. The van der Waals surface area contributed by atoms with Crippen LogP contribution in [0.2, 0.25) is 0 Å². The Labute approximate surface area is 127 Å². The standard InChI is InChI=1S/C13H21N3O6/c1-13(5-2-6-16(13)9(17)7-14)12(22)15-8(11(20)21)3-4-10(18)19/h8H,2-7,14H2,1H3,(H,15,22)(H,18,19)(H,20,21)/t8?,13-/m0/s1. The topological polar surface area (TPSA) is 150 Å². The number of carboxylic acids is 2. The summed E-state index contributed by atoms with van der Waals surface area (Å²) in [4.78, 5) is 47.2. The molecule has 1 saturated heterocycles. The normalized spacial score (nSPS) is 22.2. The molecule has 1 unspecified atom stereocenters. The predicted octanol–water partition coefficient (Wildman–Crippen LogP) is -1.24. The van der Waals surface area contributed by atoms with Crippen molar-refractivity contribution in [1.29, 1.82) is 0 Å². The van der Waals surface area contributed by atoms with E-state index in [1.165, 1.54) is 4.90 Å². The number of nitrogens with zero attached hydrogens (tertiary/aromatic N) is 1. The van der Waals surface area contributed by atoms with E-state index in [0.29, 0.717) is 19.4 Å². The number of rotatable bonds is 7. The van der Waals surface area contributed by atoms with E-state index < -0.39 is 29.4 Å². The fraction of sp³-hybridized carbons (Fsp3) is 0.692. The molecule has 0 saturated carbocycles. The highest BCUT2D eigenvalue weighted by atomic mass is 16.4. The lowest BCUT2D eigenvalue weighted by Gasteiger charge is -2.34. The van der Waals surface area contributed by atoms with E-state index in [1.54, 1.807) is 6.92 Å². The first kappa shape index (κ1) is 17.9. The molecule has 124 valence electrons. The van der Waals surface area contributed by atoms with Gasteiger partial charge in [-0.1, -0.05) is 0 Å². The van der Waals surface area contributed by atoms with Gasteiger partial charge in [0.05, 0.1) is 6.54 Å². The van der Waals surface area contributed by atoms with Gasteiger partial charge >= 0.3 is 11.9 Å². The second kappa shape index (κ2) is 7.21. The molecule has 1 aliphatic heterocycles. The van der Waals surface area contributed by atoms with E-state index in [9.17, 15) is 19.2 Å². The third-order valence-corrected chi connectivity index (χ3v) is 3.86. The quantitative estimate of drug-likeness (QED) is 0.459. The third kappa shape index (κ3) is 3.94. The highest BCUT2D eigenvalue weighted by Gasteiger charge is 2.46. The van der Waals surface area contributed by atoms with Gasteiger partial charge in [0.25, 0.3) is 0 Å². The Morgan fingerprint density at radius 1 is 1.32 bits per heavy atom. The SMILES string of the molecule is C[C@@]1(C(=O)NC(CCC(=O)O)C(=O)O)CCCN1C(=O)CN. The summed E-state index contributed by atoms with van der Waals surface area (Å²) in [5.41, 5.74) is 4.16. The van der Waals surface area contributed by atoms with Gasteiger partial charge in [0.2, 0.25) is 11.8 Å². The van der Waals surface area contributed by atoms with Gasteiger partial charge in [-0.15, -0.1) is 0 Å². The minimum absolute atomic E-state index is 0.225. The molecule has 9 heteroatoms. The first-order valence-corrected chi connectivity index (χ1v) is 6.98. The van der Waals surface area contributed by atoms with Gasteiger partial charge in [-0.05, 0) is 26.2 Å². The Morgan fingerprint density at radius 2 is 1.95 bits per heavy atom. The van der Waals surface area contributed by atoms with Crippen molar-refractivity contribution < 1.29 is 29.4 Å². The van der Waals surface area contributed by atoms with Gasteiger partial charge < -0.3 is 26.2 Å². The summed E-state index contributed by atoms with van der Waals surface area (Å²) in [7, 11) is 0. The summed E-state index contributed by atoms with van der Waals surface area (Å²) in [6.07, 6.45) is 0.412. The van der Waals surface area contributed by atoms with Crippen LogP contribution in [0.3, 0.4) is 0 Å². The van der Waals surface area contributed by atoms with E-state index in [2.05, 4.69) is 5.32 Å². The number of likely N-dealkylation sites (tertiary alicyclic amines) is 1. The Morgan fingerprint density at radius 3 is 2.45 bits per heavy atom. The average molecular weight is 315 g/mol. The molecule has 0 aromatic heterocycles. The van der Waals surface area contributed by atoms with Crippen molar-refractivity contribution in [3.8, 4) is 0 Å². The first-order chi connectivity index (χ1) is 10.2. The maximum Gasteiger partial charge on any atom is 0.326 e. The van der Waals surface area contributed by atoms with Crippen LogP contribution >= 0.6 is 0 Å². The van der Waals surface area contributed by atoms with Crippen LogP contribution < -0.4 is 11.1 Å². The lowest BCUT2D eigenvalue weighted by atomic mass is 9.96. The zero-order valence-electron chi connectivity index (χ0n) is 12.4. The molecule has 0 aliphatic carbocycles. The first-order valence-electron chi connectivity index (χ1n) is 6.98. The molecule has 1 aliphatic rings. The van der Waals surface area contributed by atoms with E-state index in [-0.39, 0.29) is 25.3 Å². The van der Waals surface area contributed by atoms with Crippen molar-refractivity contribution in [2.45, 2.75) is 44.2 Å². The summed E-state index contributed by atoms with van der Waals surface area (Å²) in [5, 5.41) is 20.0. The molecule has 0 bridgehead atoms. The number of carboxylic acid groups (broad SMARTS) is 2. The van der Waals surface area contributed by atoms with Crippen molar-refractivity contribution in [3.05, 3.63) is 0 Å². The lowest BCUT2D eigenvalue weighted by molar-refractivity contribution is -0.147. The van der Waals surface area contributed by atoms with Gasteiger partial charge in [-0.25, -0.2) is 4.79 Å². The van der Waals surface area contributed by atoms with E-state index >= 15 is 0 Å². The van der Waals surface area contributed by atoms with Crippen LogP contribution in [0.4, 0.5) is 0 Å². The van der Waals surface area contributed by atoms with Crippen LogP contribution in [0.25, 0.3) is 0 Å². The lowest BCUT2D eigenvalue weighted by Crippen LogP contribution is -2.59. The fourth-order valence-electron chi connectivity index (χ4n) is 2.55. The van der Waals surface area contributed by atoms with Crippen LogP contribution in [-0.2, 0) is 19.2 Å². The van der Waals surface area contributed by atoms with E-state index in [0.717, 1.165) is 0 Å². The number of carbonyl (C=O) groups is 4. The van der Waals surface area contributed by atoms with E-state index in [1.807, 2.05) is 0 Å². The van der Waals surface area contributed by atoms with Gasteiger partial charge in [-0.3, -0.25) is 14.4 Å². The zero-order valence-corrected chi connectivity index (χ0v) is 12.4. The Hall–Kier alpha value is -2.16. The van der Waals surface area contributed by atoms with Crippen molar-refractivity contribution in [2.75, 3.05) is 13.1 Å². The number of nitrogens with one attached hydrogen (secondary N) is 1. The van der Waals surface area contributed by atoms with E-state index in [4.69, 9.17) is 15.9 Å². The summed E-state index contributed by atoms with van der Waals surface area (Å²) >= 11 is 0. The van der Waals surface area contributed by atoms with Crippen molar-refractivity contribution in [3.63, 3.8) is 0 Å². The molecule has 5 N–H and O–H groups in total. The summed E-state index contributed by atoms with van der Waals surface area (Å²) in [6, 6.07) is -1.31. The molecular formula is C13H21N3O6. The molecule has 1 rings (SSSR count). The average Bonchev–Trinajstić information content (AvgIpc) is 2.85. The highest BCUT2D eigenvalue weighted by molar-refractivity contribution is 5.94. The molecule has 0 radical (unpaired) electrons. The number of hydrogen-bond donors (Lipinski definition) is 4. The second-order valence-corrected chi connectivity index (χ2v) is 5.42. The van der Waals surface area contributed by atoms with Gasteiger partial charge in [-0.2, -0.15) is 0 Å². The smallest absolute Gasteiger partial charge is 0.326 e. The van der Waals surface area contributed by atoms with Crippen molar-refractivity contribution >= 4 is 23.8 Å². The summed E-state index contributed by atoms with van der Waals surface area (Å²) in [6.45, 7) is 1.70. The molecule has 1 heterocycles. The maximum atomic E-state index is 12.4. The largest absolute Gasteiger partial charge is 0.481 e. The van der Waals surface area contributed by atoms with Gasteiger partial charge in [0.1, 0.15) is 11.6 Å². The van der Waals surface area contributed by atoms with Crippen LogP contribution in [-0.4, -0.2) is 63.5 Å². The molecular weight excluding hydrogens is 294 g/mol. The minimum atomic E-state index is -1.31. The molecule has 1 fully saturated rings. The number of nitrogens with two attached hydrogens (primary N) is 1. The Balaban J connectivity index is 2.81. The zero-order chi connectivity index (χ0) is 16.9. The number of carbonyl (C=O) groups excluding carboxylic acids is 2.